The Morgan fingerprint density at radius 3 is 1.69 bits per heavy atom. The molecule has 0 aliphatic carbocycles. The molecular weight excluding hydrogens is 555 g/mol. The number of rotatable bonds is 4. The Bertz CT molecular complexity index is 1800. The monoisotopic (exact) mass is 565 g/mol. The number of benzene rings is 4. The summed E-state index contributed by atoms with van der Waals surface area (Å²) >= 11 is 0. The van der Waals surface area contributed by atoms with E-state index >= 15 is 0 Å². The van der Waals surface area contributed by atoms with Gasteiger partial charge in [-0.05, 0) is 22.2 Å². The molecule has 1 N–H and O–H groups in total. The first-order valence-electron chi connectivity index (χ1n) is 8.55. The number of hydrogen-bond acceptors (Lipinski definition) is 10. The fourth-order valence-corrected chi connectivity index (χ4v) is 7.43. The van der Waals surface area contributed by atoms with Crippen molar-refractivity contribution in [2.24, 2.45) is 0 Å². The van der Waals surface area contributed by atoms with Crippen LogP contribution in [0.5, 0.6) is 0 Å². The largest absolute Gasteiger partial charge is 1.00 e. The van der Waals surface area contributed by atoms with Gasteiger partial charge in [0.2, 0.25) is 5.91 Å². The van der Waals surface area contributed by atoms with Gasteiger partial charge in [0, 0.05) is 23.1 Å². The van der Waals surface area contributed by atoms with Crippen molar-refractivity contribution in [2.45, 2.75) is 21.6 Å². The van der Waals surface area contributed by atoms with E-state index in [2.05, 4.69) is 5.32 Å². The summed E-state index contributed by atoms with van der Waals surface area (Å²) < 4.78 is 109. The molecule has 0 unspecified atom stereocenters. The Balaban J connectivity index is 0.00000204. The van der Waals surface area contributed by atoms with Crippen LogP contribution in [-0.2, 0) is 35.1 Å². The second-order valence-corrected chi connectivity index (χ2v) is 10.8. The topological polar surface area (TPSA) is 201 Å². The Morgan fingerprint density at radius 1 is 0.686 bits per heavy atom. The third-order valence-electron chi connectivity index (χ3n) is 4.84. The Kier molecular flexibility index (Phi) is 10.5. The van der Waals surface area contributed by atoms with Crippen LogP contribution in [-0.4, -0.2) is 44.8 Å². The molecule has 4 rings (SSSR count). The SMILES string of the molecule is CC(=O)Nc1cc2cccc3ccc4c(S(=O)(=O)[O-])c(S(=O)(=O)[O-])c(S(=O)(=O)[O-])c1c4c32.[Na+].[Na+].[Na+]. The van der Waals surface area contributed by atoms with Gasteiger partial charge in [-0.2, -0.15) is 0 Å². The maximum absolute atomic E-state index is 12.2. The van der Waals surface area contributed by atoms with Crippen molar-refractivity contribution in [1.29, 1.82) is 0 Å². The van der Waals surface area contributed by atoms with Gasteiger partial charge in [0.1, 0.15) is 30.4 Å². The summed E-state index contributed by atoms with van der Waals surface area (Å²) in [5.74, 6) is -0.739. The molecule has 17 heteroatoms. The molecule has 11 nitrogen and oxygen atoms in total. The second kappa shape index (κ2) is 11.1. The molecule has 0 aromatic heterocycles. The van der Waals surface area contributed by atoms with Crippen molar-refractivity contribution >= 4 is 74.3 Å². The van der Waals surface area contributed by atoms with Gasteiger partial charge < -0.3 is 19.0 Å². The molecule has 0 saturated carbocycles. The van der Waals surface area contributed by atoms with E-state index in [0.29, 0.717) is 10.8 Å². The number of carbonyl (C=O) groups excluding carboxylic acids is 1. The van der Waals surface area contributed by atoms with Crippen LogP contribution >= 0.6 is 0 Å². The van der Waals surface area contributed by atoms with Crippen LogP contribution in [0, 0.1) is 0 Å². The van der Waals surface area contributed by atoms with Crippen molar-refractivity contribution in [3.63, 3.8) is 0 Å². The molecule has 4 aromatic rings. The van der Waals surface area contributed by atoms with E-state index in [-0.39, 0.29) is 105 Å². The van der Waals surface area contributed by atoms with Crippen molar-refractivity contribution < 1.29 is 132 Å². The third-order valence-corrected chi connectivity index (χ3v) is 7.84. The van der Waals surface area contributed by atoms with Crippen molar-refractivity contribution in [1.82, 2.24) is 0 Å². The van der Waals surface area contributed by atoms with Gasteiger partial charge in [-0.15, -0.1) is 0 Å². The summed E-state index contributed by atoms with van der Waals surface area (Å²) in [6.07, 6.45) is 0. The summed E-state index contributed by atoms with van der Waals surface area (Å²) in [6, 6.07) is 8.30. The number of nitrogens with one attached hydrogen (secondary N) is 1. The van der Waals surface area contributed by atoms with Gasteiger partial charge in [0.15, 0.2) is 0 Å². The summed E-state index contributed by atoms with van der Waals surface area (Å²) in [7, 11) is -17.6. The molecule has 1 amide bonds. The van der Waals surface area contributed by atoms with E-state index < -0.39 is 61.7 Å². The first-order chi connectivity index (χ1) is 14.6. The van der Waals surface area contributed by atoms with Crippen LogP contribution in [0.25, 0.3) is 32.3 Å². The predicted molar refractivity (Wildman–Crippen MR) is 108 cm³/mol. The molecule has 0 bridgehead atoms. The van der Waals surface area contributed by atoms with Gasteiger partial charge in [0.25, 0.3) is 0 Å². The molecule has 0 atom stereocenters. The zero-order chi connectivity index (χ0) is 23.8. The summed E-state index contributed by atoms with van der Waals surface area (Å²) in [5, 5.41) is 1.70. The van der Waals surface area contributed by atoms with Crippen LogP contribution < -0.4 is 94.0 Å². The Morgan fingerprint density at radius 2 is 1.20 bits per heavy atom. The first-order valence-corrected chi connectivity index (χ1v) is 12.8. The average Bonchev–Trinajstić information content (AvgIpc) is 2.62. The second-order valence-electron chi connectivity index (χ2n) is 6.90. The molecule has 35 heavy (non-hydrogen) atoms. The van der Waals surface area contributed by atoms with Gasteiger partial charge in [-0.3, -0.25) is 4.79 Å². The molecule has 0 aliphatic heterocycles. The minimum absolute atomic E-state index is 0. The van der Waals surface area contributed by atoms with Crippen molar-refractivity contribution in [2.75, 3.05) is 5.32 Å². The van der Waals surface area contributed by atoms with Crippen LogP contribution in [0.3, 0.4) is 0 Å². The number of amides is 1. The van der Waals surface area contributed by atoms with Crippen LogP contribution in [0.2, 0.25) is 0 Å². The molecule has 0 spiro atoms. The average molecular weight is 565 g/mol. The fourth-order valence-electron chi connectivity index (χ4n) is 3.92. The molecule has 0 saturated heterocycles. The molecule has 0 heterocycles. The summed E-state index contributed by atoms with van der Waals surface area (Å²) in [6.45, 7) is 1.05. The van der Waals surface area contributed by atoms with E-state index in [4.69, 9.17) is 0 Å². The maximum atomic E-state index is 12.2. The summed E-state index contributed by atoms with van der Waals surface area (Å²) in [4.78, 5) is 6.43. The normalized spacial score (nSPS) is 12.1. The van der Waals surface area contributed by atoms with Gasteiger partial charge >= 0.3 is 88.7 Å². The first kappa shape index (κ1) is 33.1. The van der Waals surface area contributed by atoms with Crippen LogP contribution in [0.1, 0.15) is 6.92 Å². The molecule has 4 aromatic carbocycles. The maximum Gasteiger partial charge on any atom is 1.00 e. The predicted octanol–water partition coefficient (Wildman–Crippen LogP) is -7.73. The molecule has 0 aliphatic rings. The summed E-state index contributed by atoms with van der Waals surface area (Å²) in [5.41, 5.74) is -0.358. The Labute approximate surface area is 266 Å². The van der Waals surface area contributed by atoms with Crippen molar-refractivity contribution in [3.05, 3.63) is 36.4 Å². The van der Waals surface area contributed by atoms with Crippen LogP contribution in [0.4, 0.5) is 5.69 Å². The van der Waals surface area contributed by atoms with Crippen LogP contribution in [0.15, 0.2) is 51.1 Å². The molecule has 168 valence electrons. The van der Waals surface area contributed by atoms with E-state index in [0.717, 1.165) is 13.0 Å². The molecule has 0 radical (unpaired) electrons. The standard InChI is InChI=1S/C18H13NO10S3.3Na/c1-8(20)19-12-7-10-4-2-3-9-5-6-11-14(13(9)10)15(12)17(31(24,25)26)18(32(27,28)29)16(11)30(21,22)23;;;/h2-7H,1H3,(H,19,20)(H,21,22,23)(H,24,25,26)(H,27,28,29);;;/q;3*+1/p-3. The minimum atomic E-state index is -5.99. The third kappa shape index (κ3) is 5.92. The zero-order valence-electron chi connectivity index (χ0n) is 18.8. The van der Waals surface area contributed by atoms with Gasteiger partial charge in [-0.25, -0.2) is 25.3 Å². The van der Waals surface area contributed by atoms with E-state index in [1.807, 2.05) is 0 Å². The smallest absolute Gasteiger partial charge is 0.744 e. The number of carbonyl (C=O) groups is 1. The van der Waals surface area contributed by atoms with Gasteiger partial charge in [0.05, 0.1) is 20.4 Å². The van der Waals surface area contributed by atoms with E-state index in [9.17, 15) is 43.7 Å². The van der Waals surface area contributed by atoms with E-state index in [1.54, 1.807) is 12.1 Å². The van der Waals surface area contributed by atoms with Crippen molar-refractivity contribution in [3.8, 4) is 0 Å². The van der Waals surface area contributed by atoms with Gasteiger partial charge in [-0.1, -0.05) is 30.3 Å². The Hall–Kier alpha value is 0.120. The fraction of sp³-hybridized carbons (Fsp3) is 0.0556. The number of hydrogen-bond donors (Lipinski definition) is 1. The molecular formula is C18H10NNa3O10S3. The quantitative estimate of drug-likeness (QED) is 0.141. The minimum Gasteiger partial charge on any atom is -0.744 e. The number of anilines is 1. The molecule has 0 fully saturated rings. The van der Waals surface area contributed by atoms with E-state index in [1.165, 1.54) is 18.2 Å². The zero-order valence-corrected chi connectivity index (χ0v) is 27.2.